The van der Waals surface area contributed by atoms with Crippen molar-refractivity contribution in [2.24, 2.45) is 5.92 Å². The lowest BCUT2D eigenvalue weighted by Crippen LogP contribution is -2.41. The molecular weight excluding hydrogens is 367 g/mol. The maximum Gasteiger partial charge on any atom is 0.250 e. The van der Waals surface area contributed by atoms with Gasteiger partial charge in [-0.2, -0.15) is 0 Å². The van der Waals surface area contributed by atoms with Gasteiger partial charge in [-0.1, -0.05) is 23.2 Å². The monoisotopic (exact) mass is 386 g/mol. The molecule has 9 heteroatoms. The lowest BCUT2D eigenvalue weighted by molar-refractivity contribution is 0.115. The molecule has 2 rings (SSSR count). The fourth-order valence-electron chi connectivity index (χ4n) is 2.50. The summed E-state index contributed by atoms with van der Waals surface area (Å²) in [6.45, 7) is 3.94. The number of thiophene rings is 1. The number of rotatable bonds is 7. The van der Waals surface area contributed by atoms with Crippen LogP contribution in [0.5, 0.6) is 0 Å². The summed E-state index contributed by atoms with van der Waals surface area (Å²) in [6, 6.07) is 1.39. The molecule has 1 aliphatic rings. The predicted molar refractivity (Wildman–Crippen MR) is 90.6 cm³/mol. The summed E-state index contributed by atoms with van der Waals surface area (Å²) in [7, 11) is -1.85. The number of nitrogens with zero attached hydrogens (tertiary/aromatic N) is 1. The summed E-state index contributed by atoms with van der Waals surface area (Å²) in [5.74, 6) is 0.311. The van der Waals surface area contributed by atoms with E-state index in [9.17, 15) is 8.42 Å². The van der Waals surface area contributed by atoms with Gasteiger partial charge in [0.1, 0.15) is 8.55 Å². The van der Waals surface area contributed by atoms with Gasteiger partial charge in [-0.15, -0.1) is 11.3 Å². The van der Waals surface area contributed by atoms with E-state index in [0.717, 1.165) is 43.8 Å². The van der Waals surface area contributed by atoms with Crippen LogP contribution in [-0.2, 0) is 14.8 Å². The zero-order valence-electron chi connectivity index (χ0n) is 12.3. The lowest BCUT2D eigenvalue weighted by Gasteiger charge is -2.32. The Morgan fingerprint density at radius 2 is 2.27 bits per heavy atom. The minimum atomic E-state index is -3.54. The summed E-state index contributed by atoms with van der Waals surface area (Å²) >= 11 is 12.6. The van der Waals surface area contributed by atoms with Gasteiger partial charge in [0.15, 0.2) is 0 Å². The van der Waals surface area contributed by atoms with E-state index in [2.05, 4.69) is 9.62 Å². The Kier molecular flexibility index (Phi) is 6.94. The fraction of sp³-hybridized carbons (Fsp3) is 0.692. The molecule has 1 atom stereocenters. The third kappa shape index (κ3) is 5.06. The number of halogens is 2. The molecule has 0 spiro atoms. The maximum atomic E-state index is 12.2. The number of nitrogens with one attached hydrogen (secondary N) is 1. The molecule has 1 N–H and O–H groups in total. The largest absolute Gasteiger partial charge is 0.383 e. The molecule has 0 amide bonds. The lowest BCUT2D eigenvalue weighted by atomic mass is 9.98. The van der Waals surface area contributed by atoms with Crippen molar-refractivity contribution in [2.75, 3.05) is 39.9 Å². The SMILES string of the molecule is COCCN1CCCC(CNS(=O)(=O)c2cc(Cl)c(Cl)s2)C1. The fourth-order valence-corrected chi connectivity index (χ4v) is 5.54. The van der Waals surface area contributed by atoms with Gasteiger partial charge < -0.3 is 9.64 Å². The van der Waals surface area contributed by atoms with E-state index in [1.807, 2.05) is 0 Å². The molecule has 126 valence electrons. The van der Waals surface area contributed by atoms with Gasteiger partial charge in [0.05, 0.1) is 11.6 Å². The van der Waals surface area contributed by atoms with Crippen molar-refractivity contribution >= 4 is 44.6 Å². The molecule has 1 aromatic rings. The van der Waals surface area contributed by atoms with E-state index in [1.165, 1.54) is 6.07 Å². The summed E-state index contributed by atoms with van der Waals surface area (Å²) in [4.78, 5) is 2.31. The minimum Gasteiger partial charge on any atom is -0.383 e. The zero-order chi connectivity index (χ0) is 16.2. The average Bonchev–Trinajstić information content (AvgIpc) is 2.84. The minimum absolute atomic E-state index is 0.162. The quantitative estimate of drug-likeness (QED) is 0.782. The van der Waals surface area contributed by atoms with Crippen LogP contribution in [0.2, 0.25) is 9.36 Å². The highest BCUT2D eigenvalue weighted by molar-refractivity contribution is 7.91. The van der Waals surface area contributed by atoms with Crippen LogP contribution < -0.4 is 4.72 Å². The third-order valence-corrected chi connectivity index (χ3v) is 7.43. The number of piperidine rings is 1. The Labute approximate surface area is 145 Å². The Balaban J connectivity index is 1.88. The number of hydrogen-bond acceptors (Lipinski definition) is 5. The Bertz CT molecular complexity index is 573. The second-order valence-electron chi connectivity index (χ2n) is 5.34. The molecule has 0 radical (unpaired) electrons. The van der Waals surface area contributed by atoms with Gasteiger partial charge in [-0.25, -0.2) is 13.1 Å². The molecule has 1 unspecified atom stereocenters. The van der Waals surface area contributed by atoms with Gasteiger partial charge in [0.2, 0.25) is 10.0 Å². The highest BCUT2D eigenvalue weighted by Gasteiger charge is 2.24. The van der Waals surface area contributed by atoms with Crippen LogP contribution in [0.3, 0.4) is 0 Å². The molecule has 5 nitrogen and oxygen atoms in total. The Hall–Kier alpha value is 0.110. The van der Waals surface area contributed by atoms with Crippen LogP contribution >= 0.6 is 34.5 Å². The number of ether oxygens (including phenoxy) is 1. The highest BCUT2D eigenvalue weighted by atomic mass is 35.5. The van der Waals surface area contributed by atoms with E-state index < -0.39 is 10.0 Å². The number of likely N-dealkylation sites (tertiary alicyclic amines) is 1. The molecule has 22 heavy (non-hydrogen) atoms. The molecule has 1 fully saturated rings. The zero-order valence-corrected chi connectivity index (χ0v) is 15.5. The van der Waals surface area contributed by atoms with Crippen molar-refractivity contribution in [2.45, 2.75) is 17.1 Å². The van der Waals surface area contributed by atoms with E-state index in [0.29, 0.717) is 23.4 Å². The van der Waals surface area contributed by atoms with Crippen LogP contribution in [-0.4, -0.2) is 53.2 Å². The van der Waals surface area contributed by atoms with Gasteiger partial charge in [-0.3, -0.25) is 0 Å². The van der Waals surface area contributed by atoms with Crippen LogP contribution in [0.15, 0.2) is 10.3 Å². The summed E-state index contributed by atoms with van der Waals surface area (Å²) in [5.41, 5.74) is 0. The van der Waals surface area contributed by atoms with E-state index in [4.69, 9.17) is 27.9 Å². The molecule has 0 aliphatic carbocycles. The molecule has 1 aromatic heterocycles. The molecule has 1 saturated heterocycles. The van der Waals surface area contributed by atoms with Crippen molar-refractivity contribution in [3.63, 3.8) is 0 Å². The first-order valence-corrected chi connectivity index (χ1v) is 10.1. The van der Waals surface area contributed by atoms with Crippen LogP contribution in [0.4, 0.5) is 0 Å². The summed E-state index contributed by atoms with van der Waals surface area (Å²) < 4.78 is 32.7. The topological polar surface area (TPSA) is 58.6 Å². The average molecular weight is 387 g/mol. The molecule has 2 heterocycles. The normalized spacial score (nSPS) is 20.4. The third-order valence-electron chi connectivity index (χ3n) is 3.66. The first kappa shape index (κ1) is 18.4. The smallest absolute Gasteiger partial charge is 0.250 e. The summed E-state index contributed by atoms with van der Waals surface area (Å²) in [6.07, 6.45) is 2.10. The highest BCUT2D eigenvalue weighted by Crippen LogP contribution is 2.34. The van der Waals surface area contributed by atoms with Crippen molar-refractivity contribution in [1.82, 2.24) is 9.62 Å². The van der Waals surface area contributed by atoms with Crippen LogP contribution in [0, 0.1) is 5.92 Å². The number of sulfonamides is 1. The second kappa shape index (κ2) is 8.28. The number of methoxy groups -OCH3 is 1. The van der Waals surface area contributed by atoms with E-state index in [1.54, 1.807) is 7.11 Å². The van der Waals surface area contributed by atoms with E-state index in [-0.39, 0.29) is 9.23 Å². The van der Waals surface area contributed by atoms with Gasteiger partial charge in [0, 0.05) is 26.7 Å². The molecular formula is C13H20Cl2N2O3S2. The first-order chi connectivity index (χ1) is 10.4. The predicted octanol–water partition coefficient (Wildman–Crippen LogP) is 2.69. The van der Waals surface area contributed by atoms with Gasteiger partial charge in [0.25, 0.3) is 0 Å². The first-order valence-electron chi connectivity index (χ1n) is 7.08. The van der Waals surface area contributed by atoms with E-state index >= 15 is 0 Å². The van der Waals surface area contributed by atoms with Crippen LogP contribution in [0.1, 0.15) is 12.8 Å². The van der Waals surface area contributed by atoms with Crippen LogP contribution in [0.25, 0.3) is 0 Å². The second-order valence-corrected chi connectivity index (χ2v) is 9.40. The molecule has 0 aromatic carbocycles. The molecule has 1 aliphatic heterocycles. The van der Waals surface area contributed by atoms with Gasteiger partial charge >= 0.3 is 0 Å². The molecule has 0 bridgehead atoms. The van der Waals surface area contributed by atoms with Crippen molar-refractivity contribution < 1.29 is 13.2 Å². The maximum absolute atomic E-state index is 12.2. The van der Waals surface area contributed by atoms with Gasteiger partial charge in [-0.05, 0) is 31.4 Å². The number of hydrogen-bond donors (Lipinski definition) is 1. The van der Waals surface area contributed by atoms with Crippen molar-refractivity contribution in [3.05, 3.63) is 15.4 Å². The van der Waals surface area contributed by atoms with Crippen molar-refractivity contribution in [1.29, 1.82) is 0 Å². The Morgan fingerprint density at radius 3 is 2.91 bits per heavy atom. The molecule has 0 saturated carbocycles. The summed E-state index contributed by atoms with van der Waals surface area (Å²) in [5, 5.41) is 0.274. The van der Waals surface area contributed by atoms with Crippen molar-refractivity contribution in [3.8, 4) is 0 Å². The standard InChI is InChI=1S/C13H20Cl2N2O3S2/c1-20-6-5-17-4-2-3-10(9-17)8-16-22(18,19)12-7-11(14)13(15)21-12/h7,10,16H,2-6,8-9H2,1H3. The Morgan fingerprint density at radius 1 is 1.50 bits per heavy atom.